The Balaban J connectivity index is 1.47. The van der Waals surface area contributed by atoms with Gasteiger partial charge in [-0.1, -0.05) is 30.3 Å². The quantitative estimate of drug-likeness (QED) is 0.622. The number of hydrogen-bond donors (Lipinski definition) is 0. The third-order valence-electron chi connectivity index (χ3n) is 5.91. The monoisotopic (exact) mass is 458 g/mol. The minimum absolute atomic E-state index is 0.0198. The standard InChI is InChI=1S/C23H26N2O4S2/c1-2-24(18-12-14-31(28,29)16-18)23(27)19-8-4-6-10-21(19)30-15-22(26)25-13-11-17-7-3-5-9-20(17)25/h3-10,18H,2,11-16H2,1H3/t18-/m1/s1. The molecule has 164 valence electrons. The Bertz CT molecular complexity index is 1100. The van der Waals surface area contributed by atoms with Crippen molar-refractivity contribution in [3.8, 4) is 0 Å². The number of carbonyl (C=O) groups excluding carboxylic acids is 2. The molecule has 31 heavy (non-hydrogen) atoms. The number of para-hydroxylation sites is 1. The van der Waals surface area contributed by atoms with Crippen LogP contribution in [-0.2, 0) is 21.1 Å². The number of rotatable bonds is 6. The van der Waals surface area contributed by atoms with E-state index in [2.05, 4.69) is 0 Å². The summed E-state index contributed by atoms with van der Waals surface area (Å²) < 4.78 is 23.8. The number of thioether (sulfide) groups is 1. The zero-order valence-corrected chi connectivity index (χ0v) is 19.1. The number of benzene rings is 2. The van der Waals surface area contributed by atoms with Gasteiger partial charge in [0.1, 0.15) is 0 Å². The summed E-state index contributed by atoms with van der Waals surface area (Å²) in [5.41, 5.74) is 2.67. The molecule has 0 saturated carbocycles. The van der Waals surface area contributed by atoms with Crippen molar-refractivity contribution in [3.05, 3.63) is 59.7 Å². The van der Waals surface area contributed by atoms with E-state index >= 15 is 0 Å². The molecule has 2 aliphatic rings. The van der Waals surface area contributed by atoms with Gasteiger partial charge in [-0.05, 0) is 43.5 Å². The maximum atomic E-state index is 13.3. The molecule has 0 spiro atoms. The van der Waals surface area contributed by atoms with Gasteiger partial charge < -0.3 is 9.80 Å². The van der Waals surface area contributed by atoms with Crippen molar-refractivity contribution in [3.63, 3.8) is 0 Å². The van der Waals surface area contributed by atoms with Crippen molar-refractivity contribution in [1.29, 1.82) is 0 Å². The molecular formula is C23H26N2O4S2. The summed E-state index contributed by atoms with van der Waals surface area (Å²) in [4.78, 5) is 30.4. The molecule has 0 bridgehead atoms. The number of carbonyl (C=O) groups is 2. The molecule has 0 unspecified atom stereocenters. The average Bonchev–Trinajstić information content (AvgIpc) is 3.36. The topological polar surface area (TPSA) is 74.8 Å². The molecule has 2 amide bonds. The van der Waals surface area contributed by atoms with Crippen molar-refractivity contribution in [2.75, 3.05) is 35.2 Å². The molecule has 1 saturated heterocycles. The Morgan fingerprint density at radius 1 is 1.13 bits per heavy atom. The molecule has 0 aromatic heterocycles. The van der Waals surface area contributed by atoms with Crippen LogP contribution in [0.1, 0.15) is 29.3 Å². The van der Waals surface area contributed by atoms with Gasteiger partial charge in [-0.3, -0.25) is 9.59 Å². The summed E-state index contributed by atoms with van der Waals surface area (Å²) in [6.45, 7) is 2.99. The fourth-order valence-corrected chi connectivity index (χ4v) is 6.98. The molecule has 1 atom stereocenters. The summed E-state index contributed by atoms with van der Waals surface area (Å²) in [7, 11) is -3.08. The van der Waals surface area contributed by atoms with Crippen molar-refractivity contribution in [1.82, 2.24) is 4.90 Å². The van der Waals surface area contributed by atoms with Crippen LogP contribution in [-0.4, -0.2) is 61.5 Å². The Morgan fingerprint density at radius 3 is 2.61 bits per heavy atom. The van der Waals surface area contributed by atoms with Gasteiger partial charge in [-0.2, -0.15) is 0 Å². The molecule has 2 aromatic carbocycles. The normalized spacial score (nSPS) is 19.3. The smallest absolute Gasteiger partial charge is 0.255 e. The van der Waals surface area contributed by atoms with Crippen LogP contribution in [0.15, 0.2) is 53.4 Å². The van der Waals surface area contributed by atoms with E-state index < -0.39 is 9.84 Å². The van der Waals surface area contributed by atoms with Crippen molar-refractivity contribution < 1.29 is 18.0 Å². The molecular weight excluding hydrogens is 432 g/mol. The maximum Gasteiger partial charge on any atom is 0.255 e. The predicted molar refractivity (Wildman–Crippen MR) is 123 cm³/mol. The van der Waals surface area contributed by atoms with E-state index in [4.69, 9.17) is 0 Å². The summed E-state index contributed by atoms with van der Waals surface area (Å²) in [6, 6.07) is 14.9. The molecule has 2 heterocycles. The molecule has 0 N–H and O–H groups in total. The number of fused-ring (bicyclic) bond motifs is 1. The van der Waals surface area contributed by atoms with Crippen LogP contribution in [0.2, 0.25) is 0 Å². The first-order valence-electron chi connectivity index (χ1n) is 10.5. The SMILES string of the molecule is CCN(C(=O)c1ccccc1SCC(=O)N1CCc2ccccc21)[C@@H]1CCS(=O)(=O)C1. The first-order valence-corrected chi connectivity index (χ1v) is 13.3. The van der Waals surface area contributed by atoms with Gasteiger partial charge in [0.05, 0.1) is 22.8 Å². The summed E-state index contributed by atoms with van der Waals surface area (Å²) >= 11 is 1.36. The van der Waals surface area contributed by atoms with Gasteiger partial charge in [0.15, 0.2) is 9.84 Å². The highest BCUT2D eigenvalue weighted by atomic mass is 32.2. The van der Waals surface area contributed by atoms with E-state index in [0.29, 0.717) is 25.1 Å². The largest absolute Gasteiger partial charge is 0.335 e. The number of hydrogen-bond acceptors (Lipinski definition) is 5. The lowest BCUT2D eigenvalue weighted by atomic mass is 10.1. The second-order valence-corrected chi connectivity index (χ2v) is 11.1. The Hall–Kier alpha value is -2.32. The zero-order chi connectivity index (χ0) is 22.0. The van der Waals surface area contributed by atoms with Crippen LogP contribution in [0.25, 0.3) is 0 Å². The average molecular weight is 459 g/mol. The summed E-state index contributed by atoms with van der Waals surface area (Å²) in [5, 5.41) is 0. The van der Waals surface area contributed by atoms with Crippen molar-refractivity contribution in [2.24, 2.45) is 0 Å². The van der Waals surface area contributed by atoms with Crippen LogP contribution in [0.4, 0.5) is 5.69 Å². The minimum atomic E-state index is -3.08. The third kappa shape index (κ3) is 4.65. The lowest BCUT2D eigenvalue weighted by Crippen LogP contribution is -2.41. The third-order valence-corrected chi connectivity index (χ3v) is 8.72. The molecule has 4 rings (SSSR count). The maximum absolute atomic E-state index is 13.3. The predicted octanol–water partition coefficient (Wildman–Crippen LogP) is 3.02. The Labute approximate surface area is 187 Å². The van der Waals surface area contributed by atoms with Gasteiger partial charge in [0.2, 0.25) is 5.91 Å². The van der Waals surface area contributed by atoms with E-state index in [1.807, 2.05) is 48.2 Å². The minimum Gasteiger partial charge on any atom is -0.335 e. The van der Waals surface area contributed by atoms with Crippen LogP contribution in [0, 0.1) is 0 Å². The highest BCUT2D eigenvalue weighted by molar-refractivity contribution is 8.00. The molecule has 2 aliphatic heterocycles. The lowest BCUT2D eigenvalue weighted by molar-refractivity contribution is -0.116. The Kier molecular flexibility index (Phi) is 6.39. The van der Waals surface area contributed by atoms with Crippen molar-refractivity contribution >= 4 is 39.1 Å². The van der Waals surface area contributed by atoms with E-state index in [1.54, 1.807) is 17.0 Å². The van der Waals surface area contributed by atoms with Gasteiger partial charge in [0, 0.05) is 29.7 Å². The number of amides is 2. The first-order chi connectivity index (χ1) is 14.9. The van der Waals surface area contributed by atoms with Gasteiger partial charge in [-0.15, -0.1) is 11.8 Å². The highest BCUT2D eigenvalue weighted by Gasteiger charge is 2.35. The zero-order valence-electron chi connectivity index (χ0n) is 17.5. The summed E-state index contributed by atoms with van der Waals surface area (Å²) in [5.74, 6) is 0.235. The van der Waals surface area contributed by atoms with Gasteiger partial charge in [0.25, 0.3) is 5.91 Å². The number of sulfone groups is 1. The van der Waals surface area contributed by atoms with E-state index in [1.165, 1.54) is 17.3 Å². The molecule has 0 radical (unpaired) electrons. The lowest BCUT2D eigenvalue weighted by Gasteiger charge is -2.27. The Morgan fingerprint density at radius 2 is 1.87 bits per heavy atom. The van der Waals surface area contributed by atoms with E-state index in [-0.39, 0.29) is 35.1 Å². The molecule has 6 nitrogen and oxygen atoms in total. The van der Waals surface area contributed by atoms with Crippen molar-refractivity contribution in [2.45, 2.75) is 30.7 Å². The second-order valence-electron chi connectivity index (χ2n) is 7.86. The van der Waals surface area contributed by atoms with E-state index in [9.17, 15) is 18.0 Å². The van der Waals surface area contributed by atoms with E-state index in [0.717, 1.165) is 17.0 Å². The summed E-state index contributed by atoms with van der Waals surface area (Å²) in [6.07, 6.45) is 1.33. The first kappa shape index (κ1) is 21.9. The molecule has 1 fully saturated rings. The van der Waals surface area contributed by atoms with Gasteiger partial charge in [-0.25, -0.2) is 8.42 Å². The second kappa shape index (κ2) is 9.04. The van der Waals surface area contributed by atoms with Crippen LogP contribution in [0.3, 0.4) is 0 Å². The number of anilines is 1. The fraction of sp³-hybridized carbons (Fsp3) is 0.391. The van der Waals surface area contributed by atoms with Gasteiger partial charge >= 0.3 is 0 Å². The highest BCUT2D eigenvalue weighted by Crippen LogP contribution is 2.30. The van der Waals surface area contributed by atoms with Crippen LogP contribution >= 0.6 is 11.8 Å². The molecule has 2 aromatic rings. The molecule has 8 heteroatoms. The van der Waals surface area contributed by atoms with Crippen LogP contribution < -0.4 is 4.90 Å². The fourth-order valence-electron chi connectivity index (χ4n) is 4.33. The number of nitrogens with zero attached hydrogens (tertiary/aromatic N) is 2. The molecule has 0 aliphatic carbocycles. The van der Waals surface area contributed by atoms with Crippen LogP contribution in [0.5, 0.6) is 0 Å².